The lowest BCUT2D eigenvalue weighted by molar-refractivity contribution is -0.192. The fraction of sp³-hybridized carbons (Fsp3) is 0.304. The number of carboxylic acid groups (broad SMARTS) is 1. The van der Waals surface area contributed by atoms with Crippen molar-refractivity contribution in [1.82, 2.24) is 24.6 Å². The van der Waals surface area contributed by atoms with Gasteiger partial charge < -0.3 is 14.4 Å². The number of carboxylic acids is 1. The Kier molecular flexibility index (Phi) is 7.13. The summed E-state index contributed by atoms with van der Waals surface area (Å²) in [4.78, 5) is 26.0. The summed E-state index contributed by atoms with van der Waals surface area (Å²) in [7, 11) is 2.07. The summed E-state index contributed by atoms with van der Waals surface area (Å²) in [5.74, 6) is -2.10. The number of thiophene rings is 1. The van der Waals surface area contributed by atoms with E-state index in [0.29, 0.717) is 24.4 Å². The van der Waals surface area contributed by atoms with Crippen molar-refractivity contribution in [2.75, 3.05) is 26.7 Å². The molecule has 5 rings (SSSR count). The van der Waals surface area contributed by atoms with Crippen LogP contribution in [0.1, 0.15) is 27.9 Å². The van der Waals surface area contributed by atoms with E-state index in [1.807, 2.05) is 22.5 Å². The minimum absolute atomic E-state index is 0.00516. The van der Waals surface area contributed by atoms with Gasteiger partial charge in [0.1, 0.15) is 11.5 Å². The minimum atomic E-state index is -5.08. The number of pyridine rings is 1. The van der Waals surface area contributed by atoms with E-state index in [9.17, 15) is 18.0 Å². The number of carbonyl (C=O) groups excluding carboxylic acids is 1. The second-order valence-corrected chi connectivity index (χ2v) is 8.96. The van der Waals surface area contributed by atoms with Crippen LogP contribution >= 0.6 is 11.3 Å². The van der Waals surface area contributed by atoms with Crippen molar-refractivity contribution in [3.63, 3.8) is 0 Å². The molecule has 1 unspecified atom stereocenters. The Morgan fingerprint density at radius 2 is 1.92 bits per heavy atom. The fourth-order valence-corrected chi connectivity index (χ4v) is 4.55. The number of aryl methyl sites for hydroxylation is 1. The number of alkyl halides is 3. The third-order valence-electron chi connectivity index (χ3n) is 5.88. The van der Waals surface area contributed by atoms with Gasteiger partial charge in [0.05, 0.1) is 23.4 Å². The third kappa shape index (κ3) is 5.26. The van der Waals surface area contributed by atoms with Crippen LogP contribution in [0, 0.1) is 6.92 Å². The van der Waals surface area contributed by atoms with E-state index >= 15 is 0 Å². The van der Waals surface area contributed by atoms with Crippen molar-refractivity contribution >= 4 is 28.7 Å². The molecule has 0 bridgehead atoms. The average Bonchev–Trinajstić information content (AvgIpc) is 3.59. The van der Waals surface area contributed by atoms with E-state index in [1.54, 1.807) is 23.7 Å². The van der Waals surface area contributed by atoms with Gasteiger partial charge in [-0.05, 0) is 48.5 Å². The van der Waals surface area contributed by atoms with Gasteiger partial charge in [0, 0.05) is 31.4 Å². The molecule has 13 heteroatoms. The molecule has 0 aliphatic carbocycles. The van der Waals surface area contributed by atoms with Crippen molar-refractivity contribution in [2.24, 2.45) is 0 Å². The average molecular weight is 522 g/mol. The van der Waals surface area contributed by atoms with E-state index in [-0.39, 0.29) is 11.9 Å². The number of fused-ring (bicyclic) bond motifs is 1. The molecule has 1 fully saturated rings. The van der Waals surface area contributed by atoms with Gasteiger partial charge in [0.15, 0.2) is 0 Å². The lowest BCUT2D eigenvalue weighted by atomic mass is 10.1. The van der Waals surface area contributed by atoms with Crippen LogP contribution in [0.3, 0.4) is 0 Å². The summed E-state index contributed by atoms with van der Waals surface area (Å²) in [6.45, 7) is 3.84. The Labute approximate surface area is 207 Å². The summed E-state index contributed by atoms with van der Waals surface area (Å²) in [6.07, 6.45) is -1.51. The number of aliphatic carboxylic acids is 1. The van der Waals surface area contributed by atoms with E-state index < -0.39 is 12.1 Å². The third-order valence-corrected chi connectivity index (χ3v) is 6.56. The van der Waals surface area contributed by atoms with Gasteiger partial charge in [-0.2, -0.15) is 24.5 Å². The fourth-order valence-electron chi connectivity index (χ4n) is 3.88. The highest BCUT2D eigenvalue weighted by Crippen LogP contribution is 2.29. The second-order valence-electron chi connectivity index (χ2n) is 8.18. The zero-order valence-corrected chi connectivity index (χ0v) is 20.1. The number of aromatic nitrogens is 3. The molecule has 1 saturated heterocycles. The summed E-state index contributed by atoms with van der Waals surface area (Å²) >= 11 is 1.67. The molecule has 1 atom stereocenters. The molecule has 0 spiro atoms. The molecular formula is C23H22F3N5O4S. The Balaban J connectivity index is 0.000000384. The van der Waals surface area contributed by atoms with Gasteiger partial charge in [-0.25, -0.2) is 9.31 Å². The van der Waals surface area contributed by atoms with Crippen LogP contribution in [0.25, 0.3) is 16.6 Å². The van der Waals surface area contributed by atoms with Gasteiger partial charge in [-0.1, -0.05) is 11.3 Å². The van der Waals surface area contributed by atoms with Crippen LogP contribution in [0.5, 0.6) is 0 Å². The van der Waals surface area contributed by atoms with E-state index in [0.717, 1.165) is 23.3 Å². The molecule has 1 aliphatic rings. The summed E-state index contributed by atoms with van der Waals surface area (Å²) in [5, 5.41) is 20.2. The highest BCUT2D eigenvalue weighted by molar-refractivity contribution is 7.08. The molecule has 1 N–H and O–H groups in total. The zero-order valence-electron chi connectivity index (χ0n) is 19.3. The molecule has 5 heterocycles. The highest BCUT2D eigenvalue weighted by Gasteiger charge is 2.38. The Bertz CT molecular complexity index is 1370. The number of carbonyl (C=O) groups is 2. The van der Waals surface area contributed by atoms with Crippen LogP contribution in [0.2, 0.25) is 0 Å². The molecule has 190 valence electrons. The molecule has 0 aromatic carbocycles. The zero-order chi connectivity index (χ0) is 26.0. The van der Waals surface area contributed by atoms with Crippen LogP contribution in [0.4, 0.5) is 13.2 Å². The summed E-state index contributed by atoms with van der Waals surface area (Å²) in [6, 6.07) is 8.00. The highest BCUT2D eigenvalue weighted by atomic mass is 32.1. The first kappa shape index (κ1) is 25.4. The first-order valence-corrected chi connectivity index (χ1v) is 11.7. The monoisotopic (exact) mass is 521 g/mol. The molecule has 0 radical (unpaired) electrons. The molecule has 36 heavy (non-hydrogen) atoms. The molecule has 0 saturated carbocycles. The van der Waals surface area contributed by atoms with Crippen LogP contribution in [0.15, 0.2) is 51.9 Å². The van der Waals surface area contributed by atoms with Crippen LogP contribution in [-0.2, 0) is 4.79 Å². The molecule has 1 aliphatic heterocycles. The maximum Gasteiger partial charge on any atom is 0.490 e. The van der Waals surface area contributed by atoms with E-state index in [1.165, 1.54) is 5.56 Å². The maximum absolute atomic E-state index is 13.0. The van der Waals surface area contributed by atoms with E-state index in [4.69, 9.17) is 14.3 Å². The topological polar surface area (TPSA) is 104 Å². The van der Waals surface area contributed by atoms with Gasteiger partial charge in [0.2, 0.25) is 0 Å². The predicted octanol–water partition coefficient (Wildman–Crippen LogP) is 4.12. The normalized spacial score (nSPS) is 16.6. The van der Waals surface area contributed by atoms with Crippen molar-refractivity contribution < 1.29 is 32.3 Å². The van der Waals surface area contributed by atoms with Crippen molar-refractivity contribution in [3.05, 3.63) is 64.5 Å². The Morgan fingerprint density at radius 3 is 2.53 bits per heavy atom. The number of furan rings is 1. The Hall–Kier alpha value is -3.71. The first-order chi connectivity index (χ1) is 17.1. The van der Waals surface area contributed by atoms with Gasteiger partial charge in [-0.15, -0.1) is 5.10 Å². The SMILES string of the molecule is Cc1occc1C(=O)N1CCN(C)C(c2nnn3cc(-c4ccsc4)ccc23)C1.O=C(O)C(F)(F)F. The number of rotatable bonds is 3. The number of halogens is 3. The molecule has 4 aromatic rings. The van der Waals surface area contributed by atoms with E-state index in [2.05, 4.69) is 51.2 Å². The summed E-state index contributed by atoms with van der Waals surface area (Å²) < 4.78 is 38.9. The molecule has 9 nitrogen and oxygen atoms in total. The maximum atomic E-state index is 13.0. The number of amides is 1. The number of hydrogen-bond acceptors (Lipinski definition) is 7. The summed E-state index contributed by atoms with van der Waals surface area (Å²) in [5.41, 5.74) is 4.78. The lowest BCUT2D eigenvalue weighted by Crippen LogP contribution is -2.49. The van der Waals surface area contributed by atoms with Crippen molar-refractivity contribution in [2.45, 2.75) is 19.1 Å². The van der Waals surface area contributed by atoms with Crippen molar-refractivity contribution in [3.8, 4) is 11.1 Å². The molecule has 1 amide bonds. The van der Waals surface area contributed by atoms with Gasteiger partial charge in [0.25, 0.3) is 5.91 Å². The predicted molar refractivity (Wildman–Crippen MR) is 125 cm³/mol. The lowest BCUT2D eigenvalue weighted by Gasteiger charge is -2.38. The van der Waals surface area contributed by atoms with Gasteiger partial charge in [-0.3, -0.25) is 9.69 Å². The molecular weight excluding hydrogens is 499 g/mol. The Morgan fingerprint density at radius 1 is 1.17 bits per heavy atom. The van der Waals surface area contributed by atoms with Crippen LogP contribution in [-0.4, -0.2) is 74.5 Å². The largest absolute Gasteiger partial charge is 0.490 e. The van der Waals surface area contributed by atoms with Gasteiger partial charge >= 0.3 is 12.1 Å². The quantitative estimate of drug-likeness (QED) is 0.433. The second kappa shape index (κ2) is 10.1. The standard InChI is InChI=1S/C21H21N5O2S.C2HF3O2/c1-14-17(5-9-28-14)21(27)25-8-7-24(2)19(12-25)20-18-4-3-15(11-26(18)23-22-20)16-6-10-29-13-16;3-2(4,5)1(6)7/h3-6,9-11,13,19H,7-8,12H2,1-2H3;(H,6,7). The number of likely N-dealkylation sites (N-methyl/N-ethyl adjacent to an activating group) is 1. The minimum Gasteiger partial charge on any atom is -0.475 e. The number of nitrogens with zero attached hydrogens (tertiary/aromatic N) is 5. The first-order valence-electron chi connectivity index (χ1n) is 10.8. The van der Waals surface area contributed by atoms with Crippen molar-refractivity contribution in [1.29, 1.82) is 0 Å². The number of piperazine rings is 1. The number of hydrogen-bond donors (Lipinski definition) is 1. The van der Waals surface area contributed by atoms with Crippen LogP contribution < -0.4 is 0 Å². The smallest absolute Gasteiger partial charge is 0.475 e. The molecule has 4 aromatic heterocycles.